The van der Waals surface area contributed by atoms with Gasteiger partial charge in [-0.15, -0.1) is 0 Å². The van der Waals surface area contributed by atoms with Crippen LogP contribution >= 0.6 is 0 Å². The zero-order chi connectivity index (χ0) is 20.5. The van der Waals surface area contributed by atoms with Gasteiger partial charge in [-0.25, -0.2) is 4.39 Å². The zero-order valence-electron chi connectivity index (χ0n) is 16.3. The standard InChI is InChI=1S/C16H16FNO.C6H13NO2/c1-3-12-9-10-18(11-19)16(15(12)4-2)13-5-7-14(17)8-6-13;1-5-6(8)4-7-2-3-9-5/h3-8,11,16H,1-2,9-10H2;5-8H,2-4H2,1H3/t16-;5-,6-/m00/s1. The van der Waals surface area contributed by atoms with E-state index in [0.717, 1.165) is 36.1 Å². The molecule has 28 heavy (non-hydrogen) atoms. The second-order valence-corrected chi connectivity index (χ2v) is 6.78. The van der Waals surface area contributed by atoms with Crippen LogP contribution < -0.4 is 5.32 Å². The highest BCUT2D eigenvalue weighted by molar-refractivity contribution is 5.55. The normalized spacial score (nSPS) is 25.2. The second-order valence-electron chi connectivity index (χ2n) is 6.78. The highest BCUT2D eigenvalue weighted by atomic mass is 19.1. The van der Waals surface area contributed by atoms with Gasteiger partial charge in [-0.05, 0) is 42.2 Å². The van der Waals surface area contributed by atoms with Crippen LogP contribution in [-0.2, 0) is 9.53 Å². The fourth-order valence-electron chi connectivity index (χ4n) is 3.31. The van der Waals surface area contributed by atoms with Gasteiger partial charge in [0.1, 0.15) is 5.82 Å². The number of halogens is 1. The molecule has 1 saturated heterocycles. The number of ether oxygens (including phenoxy) is 1. The van der Waals surface area contributed by atoms with E-state index >= 15 is 0 Å². The van der Waals surface area contributed by atoms with E-state index in [2.05, 4.69) is 18.5 Å². The Labute approximate surface area is 166 Å². The Morgan fingerprint density at radius 3 is 2.61 bits per heavy atom. The van der Waals surface area contributed by atoms with Crippen molar-refractivity contribution < 1.29 is 19.0 Å². The van der Waals surface area contributed by atoms with Crippen molar-refractivity contribution in [1.29, 1.82) is 0 Å². The number of nitrogens with zero attached hydrogens (tertiary/aromatic N) is 1. The monoisotopic (exact) mass is 388 g/mol. The van der Waals surface area contributed by atoms with Crippen molar-refractivity contribution in [2.24, 2.45) is 0 Å². The van der Waals surface area contributed by atoms with E-state index in [9.17, 15) is 14.3 Å². The van der Waals surface area contributed by atoms with Crippen LogP contribution in [0.15, 0.2) is 60.7 Å². The molecule has 152 valence electrons. The summed E-state index contributed by atoms with van der Waals surface area (Å²) in [5.41, 5.74) is 2.92. The Kier molecular flexibility index (Phi) is 8.57. The van der Waals surface area contributed by atoms with Gasteiger partial charge in [-0.2, -0.15) is 0 Å². The molecule has 0 radical (unpaired) electrons. The van der Waals surface area contributed by atoms with Crippen molar-refractivity contribution in [2.75, 3.05) is 26.2 Å². The number of amides is 1. The average Bonchev–Trinajstić information content (AvgIpc) is 2.91. The minimum absolute atomic E-state index is 0.0139. The molecule has 2 heterocycles. The third-order valence-corrected chi connectivity index (χ3v) is 4.98. The van der Waals surface area contributed by atoms with Gasteiger partial charge >= 0.3 is 0 Å². The fraction of sp³-hybridized carbons (Fsp3) is 0.409. The molecule has 0 saturated carbocycles. The molecule has 6 heteroatoms. The molecular formula is C22H29FN2O3. The Bertz CT molecular complexity index is 692. The first-order chi connectivity index (χ1) is 13.5. The molecule has 1 aromatic carbocycles. The van der Waals surface area contributed by atoms with E-state index in [0.29, 0.717) is 19.7 Å². The highest BCUT2D eigenvalue weighted by Gasteiger charge is 2.27. The van der Waals surface area contributed by atoms with Crippen molar-refractivity contribution >= 4 is 6.41 Å². The molecule has 0 spiro atoms. The third kappa shape index (κ3) is 5.61. The number of benzene rings is 1. The first kappa shape index (κ1) is 22.0. The molecule has 2 aliphatic rings. The summed E-state index contributed by atoms with van der Waals surface area (Å²) in [6.45, 7) is 12.4. The van der Waals surface area contributed by atoms with Gasteiger partial charge in [-0.3, -0.25) is 4.79 Å². The van der Waals surface area contributed by atoms with Gasteiger partial charge in [0.15, 0.2) is 0 Å². The third-order valence-electron chi connectivity index (χ3n) is 4.98. The molecule has 2 aliphatic heterocycles. The summed E-state index contributed by atoms with van der Waals surface area (Å²) in [5.74, 6) is -0.287. The van der Waals surface area contributed by atoms with Crippen LogP contribution in [-0.4, -0.2) is 54.9 Å². The predicted molar refractivity (Wildman–Crippen MR) is 108 cm³/mol. The molecule has 3 atom stereocenters. The van der Waals surface area contributed by atoms with E-state index in [1.165, 1.54) is 12.1 Å². The summed E-state index contributed by atoms with van der Waals surface area (Å²) in [5, 5.41) is 12.2. The van der Waals surface area contributed by atoms with Crippen molar-refractivity contribution in [1.82, 2.24) is 10.2 Å². The van der Waals surface area contributed by atoms with Crippen LogP contribution in [0, 0.1) is 5.82 Å². The molecule has 3 rings (SSSR count). The maximum Gasteiger partial charge on any atom is 0.210 e. The molecule has 0 unspecified atom stereocenters. The summed E-state index contributed by atoms with van der Waals surface area (Å²) in [7, 11) is 0. The SMILES string of the molecule is C=CC1=C(C=C)[C@H](c2ccc(F)cc2)N(C=O)CC1.C[C@@H]1OCCNC[C@@H]1O. The average molecular weight is 388 g/mol. The lowest BCUT2D eigenvalue weighted by Gasteiger charge is -2.35. The van der Waals surface area contributed by atoms with Gasteiger partial charge in [0.25, 0.3) is 0 Å². The van der Waals surface area contributed by atoms with E-state index < -0.39 is 0 Å². The molecular weight excluding hydrogens is 359 g/mol. The van der Waals surface area contributed by atoms with Gasteiger partial charge in [0.05, 0.1) is 24.9 Å². The number of hydrogen-bond acceptors (Lipinski definition) is 4. The Hall–Kier alpha value is -2.28. The Morgan fingerprint density at radius 2 is 2.00 bits per heavy atom. The summed E-state index contributed by atoms with van der Waals surface area (Å²) in [6.07, 6.45) is 4.79. The first-order valence-electron chi connectivity index (χ1n) is 9.46. The molecule has 0 aliphatic carbocycles. The first-order valence-corrected chi connectivity index (χ1v) is 9.46. The number of rotatable bonds is 4. The van der Waals surface area contributed by atoms with Gasteiger partial charge in [0.2, 0.25) is 6.41 Å². The molecule has 0 aromatic heterocycles. The molecule has 1 fully saturated rings. The zero-order valence-corrected chi connectivity index (χ0v) is 16.3. The Balaban J connectivity index is 0.000000261. The number of aliphatic hydroxyl groups excluding tert-OH is 1. The quantitative estimate of drug-likeness (QED) is 0.779. The molecule has 5 nitrogen and oxygen atoms in total. The maximum atomic E-state index is 13.0. The van der Waals surface area contributed by atoms with E-state index in [4.69, 9.17) is 4.74 Å². The van der Waals surface area contributed by atoms with Crippen LogP contribution in [0.4, 0.5) is 4.39 Å². The maximum absolute atomic E-state index is 13.0. The number of hydrogen-bond donors (Lipinski definition) is 2. The molecule has 1 aromatic rings. The van der Waals surface area contributed by atoms with Gasteiger partial charge in [-0.1, -0.05) is 37.4 Å². The molecule has 0 bridgehead atoms. The molecule has 1 amide bonds. The van der Waals surface area contributed by atoms with E-state index in [-0.39, 0.29) is 24.1 Å². The van der Waals surface area contributed by atoms with E-state index in [1.807, 2.05) is 6.92 Å². The highest BCUT2D eigenvalue weighted by Crippen LogP contribution is 2.35. The van der Waals surface area contributed by atoms with Crippen molar-refractivity contribution in [3.8, 4) is 0 Å². The number of nitrogens with one attached hydrogen (secondary N) is 1. The van der Waals surface area contributed by atoms with Crippen LogP contribution in [0.3, 0.4) is 0 Å². The minimum atomic E-state index is -0.340. The van der Waals surface area contributed by atoms with Crippen molar-refractivity contribution in [3.63, 3.8) is 0 Å². The molecule has 2 N–H and O–H groups in total. The summed E-state index contributed by atoms with van der Waals surface area (Å²) < 4.78 is 18.2. The predicted octanol–water partition coefficient (Wildman–Crippen LogP) is 2.75. The minimum Gasteiger partial charge on any atom is -0.389 e. The number of β-amino-alcohol motifs (C(OH)–C–C–N with tert-alkyl or cyclic N) is 1. The second kappa shape index (κ2) is 10.9. The van der Waals surface area contributed by atoms with Crippen molar-refractivity contribution in [3.05, 3.63) is 72.1 Å². The number of allylic oxidation sites excluding steroid dienone is 1. The van der Waals surface area contributed by atoms with Gasteiger partial charge in [0, 0.05) is 19.6 Å². The summed E-state index contributed by atoms with van der Waals surface area (Å²) >= 11 is 0. The lowest BCUT2D eigenvalue weighted by atomic mass is 9.88. The largest absolute Gasteiger partial charge is 0.389 e. The van der Waals surface area contributed by atoms with Crippen LogP contribution in [0.25, 0.3) is 0 Å². The smallest absolute Gasteiger partial charge is 0.210 e. The van der Waals surface area contributed by atoms with E-state index in [1.54, 1.807) is 29.2 Å². The number of carbonyl (C=O) groups is 1. The summed E-state index contributed by atoms with van der Waals surface area (Å²) in [6, 6.07) is 6.00. The van der Waals surface area contributed by atoms with Crippen molar-refractivity contribution in [2.45, 2.75) is 31.6 Å². The van der Waals surface area contributed by atoms with Crippen LogP contribution in [0.5, 0.6) is 0 Å². The number of carbonyl (C=O) groups excluding carboxylic acids is 1. The Morgan fingerprint density at radius 1 is 1.29 bits per heavy atom. The lowest BCUT2D eigenvalue weighted by Crippen LogP contribution is -2.33. The van der Waals surface area contributed by atoms with Crippen LogP contribution in [0.2, 0.25) is 0 Å². The summed E-state index contributed by atoms with van der Waals surface area (Å²) in [4.78, 5) is 12.9. The topological polar surface area (TPSA) is 61.8 Å². The number of aliphatic hydroxyl groups is 1. The lowest BCUT2D eigenvalue weighted by molar-refractivity contribution is -0.119. The fourth-order valence-corrected chi connectivity index (χ4v) is 3.31. The van der Waals surface area contributed by atoms with Gasteiger partial charge < -0.3 is 20.1 Å². The van der Waals surface area contributed by atoms with Crippen LogP contribution in [0.1, 0.15) is 24.9 Å².